The van der Waals surface area contributed by atoms with E-state index in [1.165, 1.54) is 12.1 Å². The molecule has 124 valence electrons. The first-order valence-electron chi connectivity index (χ1n) is 7.64. The van der Waals surface area contributed by atoms with Crippen molar-refractivity contribution in [1.82, 2.24) is 10.6 Å². The second-order valence-electron chi connectivity index (χ2n) is 6.31. The van der Waals surface area contributed by atoms with Gasteiger partial charge in [0.05, 0.1) is 11.0 Å². The Morgan fingerprint density at radius 3 is 2.58 bits per heavy atom. The standard InChI is InChI=1S/C15H14N4O5/c20-12-15(13(21)17-14(22)16-12)7-8-6-9(19(23)24)3-4-10(8)18-5-1-2-11(15)18/h3-4,6,11H,1-2,5,7H2,(H2,16,17,20,21,22)/t11-/m1/s1. The Kier molecular flexibility index (Phi) is 2.90. The number of benzene rings is 1. The third kappa shape index (κ3) is 1.78. The van der Waals surface area contributed by atoms with Crippen LogP contribution in [0.2, 0.25) is 0 Å². The monoisotopic (exact) mass is 330 g/mol. The molecule has 0 saturated carbocycles. The molecular formula is C15H14N4O5. The predicted octanol–water partition coefficient (Wildman–Crippen LogP) is 0.472. The molecule has 4 amide bonds. The SMILES string of the molecule is O=C1NC(=O)C2(Cc3cc([N+](=O)[O-])ccc3N3CCC[C@@H]32)C(=O)N1. The first-order chi connectivity index (χ1) is 11.4. The van der Waals surface area contributed by atoms with Gasteiger partial charge in [0.25, 0.3) is 5.69 Å². The molecule has 0 radical (unpaired) electrons. The third-order valence-corrected chi connectivity index (χ3v) is 5.14. The Labute approximate surface area is 136 Å². The molecule has 24 heavy (non-hydrogen) atoms. The van der Waals surface area contributed by atoms with Gasteiger partial charge in [-0.1, -0.05) is 0 Å². The van der Waals surface area contributed by atoms with Crippen molar-refractivity contribution in [2.24, 2.45) is 5.41 Å². The fourth-order valence-electron chi connectivity index (χ4n) is 4.12. The van der Waals surface area contributed by atoms with Crippen molar-refractivity contribution < 1.29 is 19.3 Å². The van der Waals surface area contributed by atoms with E-state index in [-0.39, 0.29) is 18.2 Å². The second kappa shape index (κ2) is 4.76. The molecule has 0 aliphatic carbocycles. The van der Waals surface area contributed by atoms with Gasteiger partial charge in [0.1, 0.15) is 0 Å². The summed E-state index contributed by atoms with van der Waals surface area (Å²) in [5.41, 5.74) is -0.144. The highest BCUT2D eigenvalue weighted by atomic mass is 16.6. The van der Waals surface area contributed by atoms with E-state index < -0.39 is 28.2 Å². The number of urea groups is 1. The number of nitrogens with zero attached hydrogens (tertiary/aromatic N) is 2. The average Bonchev–Trinajstić information content (AvgIpc) is 3.01. The Bertz CT molecular complexity index is 785. The highest BCUT2D eigenvalue weighted by Gasteiger charge is 2.60. The van der Waals surface area contributed by atoms with Crippen molar-refractivity contribution in [3.8, 4) is 0 Å². The molecule has 2 N–H and O–H groups in total. The first-order valence-corrected chi connectivity index (χ1v) is 7.64. The largest absolute Gasteiger partial charge is 0.367 e. The van der Waals surface area contributed by atoms with Crippen LogP contribution in [0, 0.1) is 15.5 Å². The van der Waals surface area contributed by atoms with E-state index in [0.717, 1.165) is 12.1 Å². The maximum absolute atomic E-state index is 12.6. The highest BCUT2D eigenvalue weighted by Crippen LogP contribution is 2.47. The predicted molar refractivity (Wildman–Crippen MR) is 81.3 cm³/mol. The van der Waals surface area contributed by atoms with Crippen molar-refractivity contribution in [1.29, 1.82) is 0 Å². The first kappa shape index (κ1) is 14.6. The van der Waals surface area contributed by atoms with Gasteiger partial charge in [0.15, 0.2) is 5.41 Å². The number of nitro groups is 1. The lowest BCUT2D eigenvalue weighted by atomic mass is 9.69. The van der Waals surface area contributed by atoms with E-state index >= 15 is 0 Å². The molecule has 0 aromatic heterocycles. The zero-order valence-electron chi connectivity index (χ0n) is 12.6. The topological polar surface area (TPSA) is 122 Å². The summed E-state index contributed by atoms with van der Waals surface area (Å²) in [6.45, 7) is 0.658. The van der Waals surface area contributed by atoms with Crippen molar-refractivity contribution in [2.45, 2.75) is 25.3 Å². The molecule has 0 bridgehead atoms. The van der Waals surface area contributed by atoms with Crippen LogP contribution in [0.5, 0.6) is 0 Å². The lowest BCUT2D eigenvalue weighted by Gasteiger charge is -2.47. The van der Waals surface area contributed by atoms with E-state index in [4.69, 9.17) is 0 Å². The van der Waals surface area contributed by atoms with Crippen molar-refractivity contribution in [2.75, 3.05) is 11.4 Å². The molecule has 2 saturated heterocycles. The van der Waals surface area contributed by atoms with Crippen LogP contribution in [-0.4, -0.2) is 35.4 Å². The Balaban J connectivity index is 1.87. The van der Waals surface area contributed by atoms with Crippen LogP contribution >= 0.6 is 0 Å². The number of carbonyl (C=O) groups excluding carboxylic acids is 3. The van der Waals surface area contributed by atoms with Crippen LogP contribution in [0.3, 0.4) is 0 Å². The minimum Gasteiger partial charge on any atom is -0.367 e. The van der Waals surface area contributed by atoms with E-state index in [9.17, 15) is 24.5 Å². The number of rotatable bonds is 1. The quantitative estimate of drug-likeness (QED) is 0.438. The number of barbiturate groups is 1. The van der Waals surface area contributed by atoms with Gasteiger partial charge in [-0.15, -0.1) is 0 Å². The summed E-state index contributed by atoms with van der Waals surface area (Å²) in [5, 5.41) is 15.4. The van der Waals surface area contributed by atoms with Crippen molar-refractivity contribution in [3.05, 3.63) is 33.9 Å². The molecule has 1 aromatic carbocycles. The summed E-state index contributed by atoms with van der Waals surface area (Å²) >= 11 is 0. The number of hydrogen-bond acceptors (Lipinski definition) is 6. The molecule has 9 heteroatoms. The van der Waals surface area contributed by atoms with Crippen LogP contribution in [-0.2, 0) is 16.0 Å². The van der Waals surface area contributed by atoms with Crippen LogP contribution in [0.1, 0.15) is 18.4 Å². The number of carbonyl (C=O) groups is 3. The molecule has 3 heterocycles. The normalized spacial score (nSPS) is 24.2. The Hall–Kier alpha value is -2.97. The molecular weight excluding hydrogens is 316 g/mol. The Morgan fingerprint density at radius 2 is 1.92 bits per heavy atom. The fraction of sp³-hybridized carbons (Fsp3) is 0.400. The van der Waals surface area contributed by atoms with Crippen LogP contribution in [0.4, 0.5) is 16.2 Å². The van der Waals surface area contributed by atoms with Gasteiger partial charge < -0.3 is 4.90 Å². The molecule has 1 spiro atoms. The summed E-state index contributed by atoms with van der Waals surface area (Å²) in [6.07, 6.45) is 1.49. The van der Waals surface area contributed by atoms with Gasteiger partial charge in [0, 0.05) is 30.8 Å². The molecule has 3 aliphatic heterocycles. The van der Waals surface area contributed by atoms with Gasteiger partial charge in [-0.05, 0) is 24.5 Å². The number of imide groups is 2. The van der Waals surface area contributed by atoms with Crippen LogP contribution in [0.15, 0.2) is 18.2 Å². The van der Waals surface area contributed by atoms with Gasteiger partial charge in [-0.3, -0.25) is 30.3 Å². The molecule has 2 fully saturated rings. The van der Waals surface area contributed by atoms with Gasteiger partial charge in [0.2, 0.25) is 11.8 Å². The Morgan fingerprint density at radius 1 is 1.21 bits per heavy atom. The third-order valence-electron chi connectivity index (χ3n) is 5.14. The zero-order valence-corrected chi connectivity index (χ0v) is 12.6. The fourth-order valence-corrected chi connectivity index (χ4v) is 4.12. The minimum absolute atomic E-state index is 0.0378. The van der Waals surface area contributed by atoms with Crippen LogP contribution < -0.4 is 15.5 Å². The van der Waals surface area contributed by atoms with E-state index in [1.54, 1.807) is 6.07 Å². The number of hydrogen-bond donors (Lipinski definition) is 2. The van der Waals surface area contributed by atoms with Crippen molar-refractivity contribution >= 4 is 29.2 Å². The van der Waals surface area contributed by atoms with E-state index in [0.29, 0.717) is 18.5 Å². The summed E-state index contributed by atoms with van der Waals surface area (Å²) in [4.78, 5) is 49.1. The lowest BCUT2D eigenvalue weighted by Crippen LogP contribution is -2.70. The number of nitrogens with one attached hydrogen (secondary N) is 2. The number of non-ortho nitro benzene ring substituents is 1. The number of fused-ring (bicyclic) bond motifs is 4. The molecule has 0 unspecified atom stereocenters. The maximum Gasteiger partial charge on any atom is 0.328 e. The average molecular weight is 330 g/mol. The number of nitro benzene ring substituents is 1. The summed E-state index contributed by atoms with van der Waals surface area (Å²) in [7, 11) is 0. The zero-order chi connectivity index (χ0) is 17.1. The molecule has 1 aromatic rings. The van der Waals surface area contributed by atoms with E-state index in [1.807, 2.05) is 4.90 Å². The van der Waals surface area contributed by atoms with Gasteiger partial charge in [-0.2, -0.15) is 0 Å². The minimum atomic E-state index is -1.44. The number of amides is 4. The van der Waals surface area contributed by atoms with Crippen molar-refractivity contribution in [3.63, 3.8) is 0 Å². The number of anilines is 1. The summed E-state index contributed by atoms with van der Waals surface area (Å²) < 4.78 is 0. The smallest absolute Gasteiger partial charge is 0.328 e. The second-order valence-corrected chi connectivity index (χ2v) is 6.31. The highest BCUT2D eigenvalue weighted by molar-refractivity contribution is 6.20. The molecule has 9 nitrogen and oxygen atoms in total. The molecule has 3 aliphatic rings. The summed E-state index contributed by atoms with van der Waals surface area (Å²) in [5.74, 6) is -1.27. The van der Waals surface area contributed by atoms with Gasteiger partial charge >= 0.3 is 6.03 Å². The lowest BCUT2D eigenvalue weighted by molar-refractivity contribution is -0.384. The molecule has 1 atom stereocenters. The van der Waals surface area contributed by atoms with E-state index in [2.05, 4.69) is 10.6 Å². The van der Waals surface area contributed by atoms with Gasteiger partial charge in [-0.25, -0.2) is 4.79 Å². The van der Waals surface area contributed by atoms with Crippen LogP contribution in [0.25, 0.3) is 0 Å². The molecule has 4 rings (SSSR count). The summed E-state index contributed by atoms with van der Waals surface area (Å²) in [6, 6.07) is 3.31. The maximum atomic E-state index is 12.6.